The number of fused-ring (bicyclic) bond motifs is 1. The van der Waals surface area contributed by atoms with Gasteiger partial charge in [0.25, 0.3) is 0 Å². The lowest BCUT2D eigenvalue weighted by Gasteiger charge is -2.29. The number of thioether (sulfide) groups is 1. The van der Waals surface area contributed by atoms with Gasteiger partial charge in [0.1, 0.15) is 11.9 Å². The van der Waals surface area contributed by atoms with Gasteiger partial charge in [0, 0.05) is 12.0 Å². The van der Waals surface area contributed by atoms with Gasteiger partial charge in [-0.05, 0) is 24.5 Å². The van der Waals surface area contributed by atoms with E-state index >= 15 is 0 Å². The van der Waals surface area contributed by atoms with Crippen LogP contribution in [0.2, 0.25) is 0 Å². The van der Waals surface area contributed by atoms with E-state index in [1.807, 2.05) is 36.0 Å². The Bertz CT molecular complexity index is 327. The first-order valence-corrected chi connectivity index (χ1v) is 6.63. The molecule has 0 saturated heterocycles. The van der Waals surface area contributed by atoms with Crippen LogP contribution in [0.15, 0.2) is 24.3 Å². The molecule has 1 N–H and O–H groups in total. The zero-order chi connectivity index (χ0) is 10.7. The summed E-state index contributed by atoms with van der Waals surface area (Å²) in [6.07, 6.45) is 3.63. The summed E-state index contributed by atoms with van der Waals surface area (Å²) in [7, 11) is 0. The van der Waals surface area contributed by atoms with Crippen molar-refractivity contribution < 1.29 is 9.84 Å². The first-order valence-electron chi connectivity index (χ1n) is 5.24. The molecule has 1 aromatic rings. The molecule has 1 aliphatic rings. The van der Waals surface area contributed by atoms with Crippen LogP contribution in [0.25, 0.3) is 0 Å². The molecule has 3 heteroatoms. The SMILES string of the molecule is CSCCC1C[C@H](O)c2ccccc2O1. The summed E-state index contributed by atoms with van der Waals surface area (Å²) in [4.78, 5) is 0. The summed E-state index contributed by atoms with van der Waals surface area (Å²) >= 11 is 1.82. The molecule has 0 saturated carbocycles. The van der Waals surface area contributed by atoms with Gasteiger partial charge in [0.05, 0.1) is 6.10 Å². The number of hydrogen-bond acceptors (Lipinski definition) is 3. The van der Waals surface area contributed by atoms with E-state index in [0.717, 1.165) is 29.9 Å². The average Bonchev–Trinajstić information content (AvgIpc) is 2.26. The number of ether oxygens (including phenoxy) is 1. The maximum absolute atomic E-state index is 9.94. The smallest absolute Gasteiger partial charge is 0.125 e. The van der Waals surface area contributed by atoms with Crippen LogP contribution in [0.3, 0.4) is 0 Å². The molecule has 0 radical (unpaired) electrons. The maximum Gasteiger partial charge on any atom is 0.125 e. The monoisotopic (exact) mass is 224 g/mol. The lowest BCUT2D eigenvalue weighted by atomic mass is 9.98. The Kier molecular flexibility index (Phi) is 3.54. The van der Waals surface area contributed by atoms with Gasteiger partial charge < -0.3 is 9.84 Å². The molecule has 1 heterocycles. The van der Waals surface area contributed by atoms with Gasteiger partial charge in [-0.25, -0.2) is 0 Å². The van der Waals surface area contributed by atoms with Crippen molar-refractivity contribution in [2.24, 2.45) is 0 Å². The molecule has 2 atom stereocenters. The number of aliphatic hydroxyl groups excluding tert-OH is 1. The second-order valence-corrected chi connectivity index (χ2v) is 4.80. The summed E-state index contributed by atoms with van der Waals surface area (Å²) in [6.45, 7) is 0. The molecule has 0 aliphatic carbocycles. The van der Waals surface area contributed by atoms with Crippen LogP contribution in [0.4, 0.5) is 0 Å². The molecular weight excluding hydrogens is 208 g/mol. The number of rotatable bonds is 3. The Labute approximate surface area is 94.6 Å². The van der Waals surface area contributed by atoms with Gasteiger partial charge in [0.15, 0.2) is 0 Å². The number of hydrogen-bond donors (Lipinski definition) is 1. The highest BCUT2D eigenvalue weighted by Gasteiger charge is 2.25. The molecule has 0 spiro atoms. The van der Waals surface area contributed by atoms with Gasteiger partial charge in [-0.2, -0.15) is 11.8 Å². The standard InChI is InChI=1S/C12H16O2S/c1-15-7-6-9-8-11(13)10-4-2-3-5-12(10)14-9/h2-5,9,11,13H,6-8H2,1H3/t9?,11-/m0/s1. The van der Waals surface area contributed by atoms with Crippen molar-refractivity contribution in [2.45, 2.75) is 25.0 Å². The first-order chi connectivity index (χ1) is 7.31. The van der Waals surface area contributed by atoms with Crippen LogP contribution in [-0.2, 0) is 0 Å². The summed E-state index contributed by atoms with van der Waals surface area (Å²) < 4.78 is 5.83. The minimum atomic E-state index is -0.359. The second-order valence-electron chi connectivity index (χ2n) is 3.81. The first kappa shape index (κ1) is 10.8. The highest BCUT2D eigenvalue weighted by molar-refractivity contribution is 7.98. The predicted molar refractivity (Wildman–Crippen MR) is 63.4 cm³/mol. The van der Waals surface area contributed by atoms with Gasteiger partial charge in [-0.1, -0.05) is 18.2 Å². The topological polar surface area (TPSA) is 29.5 Å². The second kappa shape index (κ2) is 4.90. The van der Waals surface area contributed by atoms with Crippen LogP contribution in [0.1, 0.15) is 24.5 Å². The van der Waals surface area contributed by atoms with E-state index in [9.17, 15) is 5.11 Å². The quantitative estimate of drug-likeness (QED) is 0.856. The van der Waals surface area contributed by atoms with Crippen LogP contribution in [-0.4, -0.2) is 23.2 Å². The van der Waals surface area contributed by atoms with E-state index in [0.29, 0.717) is 0 Å². The van der Waals surface area contributed by atoms with E-state index in [1.165, 1.54) is 0 Å². The summed E-state index contributed by atoms with van der Waals surface area (Å²) in [5, 5.41) is 9.94. The van der Waals surface area contributed by atoms with Crippen molar-refractivity contribution in [3.05, 3.63) is 29.8 Å². The van der Waals surface area contributed by atoms with E-state index in [-0.39, 0.29) is 12.2 Å². The number of aliphatic hydroxyl groups is 1. The van der Waals surface area contributed by atoms with Crippen molar-refractivity contribution in [1.82, 2.24) is 0 Å². The van der Waals surface area contributed by atoms with Gasteiger partial charge in [0.2, 0.25) is 0 Å². The predicted octanol–water partition coefficient (Wildman–Crippen LogP) is 2.62. The molecule has 1 aromatic carbocycles. The normalized spacial score (nSPS) is 24.4. The molecule has 0 bridgehead atoms. The van der Waals surface area contributed by atoms with Crippen molar-refractivity contribution in [2.75, 3.05) is 12.0 Å². The lowest BCUT2D eigenvalue weighted by molar-refractivity contribution is 0.0648. The van der Waals surface area contributed by atoms with E-state index in [1.54, 1.807) is 0 Å². The molecule has 0 amide bonds. The molecule has 0 aromatic heterocycles. The van der Waals surface area contributed by atoms with Gasteiger partial charge in [-0.15, -0.1) is 0 Å². The number of benzene rings is 1. The summed E-state index contributed by atoms with van der Waals surface area (Å²) in [6, 6.07) is 7.75. The average molecular weight is 224 g/mol. The molecule has 1 unspecified atom stereocenters. The van der Waals surface area contributed by atoms with Gasteiger partial charge >= 0.3 is 0 Å². The fourth-order valence-electron chi connectivity index (χ4n) is 1.89. The minimum Gasteiger partial charge on any atom is -0.490 e. The molecular formula is C12H16O2S. The minimum absolute atomic E-state index is 0.169. The van der Waals surface area contributed by atoms with Crippen molar-refractivity contribution in [3.63, 3.8) is 0 Å². The van der Waals surface area contributed by atoms with E-state index in [4.69, 9.17) is 4.74 Å². The Morgan fingerprint density at radius 3 is 3.07 bits per heavy atom. The van der Waals surface area contributed by atoms with Crippen LogP contribution in [0.5, 0.6) is 5.75 Å². The largest absolute Gasteiger partial charge is 0.490 e. The van der Waals surface area contributed by atoms with Gasteiger partial charge in [-0.3, -0.25) is 0 Å². The third-order valence-electron chi connectivity index (χ3n) is 2.70. The van der Waals surface area contributed by atoms with Crippen LogP contribution in [0, 0.1) is 0 Å². The third kappa shape index (κ3) is 2.47. The maximum atomic E-state index is 9.94. The van der Waals surface area contributed by atoms with Crippen molar-refractivity contribution in [1.29, 1.82) is 0 Å². The Morgan fingerprint density at radius 2 is 2.27 bits per heavy atom. The van der Waals surface area contributed by atoms with Crippen molar-refractivity contribution in [3.8, 4) is 5.75 Å². The Hall–Kier alpha value is -0.670. The lowest BCUT2D eigenvalue weighted by Crippen LogP contribution is -2.26. The van der Waals surface area contributed by atoms with E-state index in [2.05, 4.69) is 6.26 Å². The third-order valence-corrected chi connectivity index (χ3v) is 3.35. The molecule has 82 valence electrons. The van der Waals surface area contributed by atoms with Crippen LogP contribution < -0.4 is 4.74 Å². The van der Waals surface area contributed by atoms with Crippen LogP contribution >= 0.6 is 11.8 Å². The Morgan fingerprint density at radius 1 is 1.47 bits per heavy atom. The highest BCUT2D eigenvalue weighted by atomic mass is 32.2. The summed E-state index contributed by atoms with van der Waals surface area (Å²) in [5.41, 5.74) is 0.929. The zero-order valence-corrected chi connectivity index (χ0v) is 9.67. The molecule has 1 aliphatic heterocycles. The van der Waals surface area contributed by atoms with E-state index < -0.39 is 0 Å². The Balaban J connectivity index is 2.08. The summed E-state index contributed by atoms with van der Waals surface area (Å²) in [5.74, 6) is 1.93. The van der Waals surface area contributed by atoms with Crippen molar-refractivity contribution >= 4 is 11.8 Å². The molecule has 2 nitrogen and oxygen atoms in total. The number of para-hydroxylation sites is 1. The fourth-order valence-corrected chi connectivity index (χ4v) is 2.39. The molecule has 2 rings (SSSR count). The molecule has 15 heavy (non-hydrogen) atoms. The fraction of sp³-hybridized carbons (Fsp3) is 0.500. The highest BCUT2D eigenvalue weighted by Crippen LogP contribution is 2.35. The zero-order valence-electron chi connectivity index (χ0n) is 8.85. The molecule has 0 fully saturated rings.